The van der Waals surface area contributed by atoms with Crippen LogP contribution < -0.4 is 15.1 Å². The number of amides is 1. The number of rotatable bonds is 8. The standard InChI is InChI=1S/C26H26ClN3O4S/c27-22-13-12-21-11-10-20-6-1-2-8-24(20)30(25(21)18-22)16-4-15-28-35(33,34)23-7-3-5-19(17-23)9-14-26(31)29-32/h1-3,5-9,12-14,17-18,28,32H,4,10-11,15-16H2,(H,29,31)/b14-9+. The van der Waals surface area contributed by atoms with E-state index in [-0.39, 0.29) is 11.4 Å². The van der Waals surface area contributed by atoms with Gasteiger partial charge in [-0.1, -0.05) is 48.0 Å². The molecule has 4 rings (SSSR count). The maximum absolute atomic E-state index is 12.8. The Balaban J connectivity index is 1.46. The highest BCUT2D eigenvalue weighted by Gasteiger charge is 2.21. The first-order valence-corrected chi connectivity index (χ1v) is 13.1. The predicted octanol–water partition coefficient (Wildman–Crippen LogP) is 4.46. The van der Waals surface area contributed by atoms with Gasteiger partial charge >= 0.3 is 0 Å². The first-order chi connectivity index (χ1) is 16.9. The van der Waals surface area contributed by atoms with Gasteiger partial charge in [-0.05, 0) is 72.4 Å². The van der Waals surface area contributed by atoms with Crippen LogP contribution >= 0.6 is 11.6 Å². The van der Waals surface area contributed by atoms with Crippen LogP contribution in [0.4, 0.5) is 11.4 Å². The number of aryl methyl sites for hydroxylation is 2. The number of anilines is 2. The van der Waals surface area contributed by atoms with E-state index in [1.54, 1.807) is 12.1 Å². The lowest BCUT2D eigenvalue weighted by Crippen LogP contribution is -2.28. The van der Waals surface area contributed by atoms with Crippen LogP contribution in [0.5, 0.6) is 0 Å². The summed E-state index contributed by atoms with van der Waals surface area (Å²) in [4.78, 5) is 13.5. The minimum Gasteiger partial charge on any atom is -0.341 e. The zero-order valence-corrected chi connectivity index (χ0v) is 20.5. The molecule has 0 saturated carbocycles. The molecule has 0 saturated heterocycles. The summed E-state index contributed by atoms with van der Waals surface area (Å²) >= 11 is 6.31. The molecule has 182 valence electrons. The third-order valence-corrected chi connectivity index (χ3v) is 7.53. The normalized spacial score (nSPS) is 13.3. The first kappa shape index (κ1) is 24.9. The third kappa shape index (κ3) is 6.10. The molecule has 0 radical (unpaired) electrons. The van der Waals surface area contributed by atoms with Gasteiger partial charge in [0.1, 0.15) is 0 Å². The van der Waals surface area contributed by atoms with Crippen molar-refractivity contribution in [1.29, 1.82) is 0 Å². The highest BCUT2D eigenvalue weighted by Crippen LogP contribution is 2.37. The Hall–Kier alpha value is -3.17. The van der Waals surface area contributed by atoms with Crippen LogP contribution in [-0.4, -0.2) is 32.6 Å². The van der Waals surface area contributed by atoms with Crippen LogP contribution in [0.1, 0.15) is 23.1 Å². The van der Waals surface area contributed by atoms with E-state index in [9.17, 15) is 13.2 Å². The van der Waals surface area contributed by atoms with Gasteiger partial charge in [-0.3, -0.25) is 10.0 Å². The molecule has 1 amide bonds. The average molecular weight is 512 g/mol. The van der Waals surface area contributed by atoms with Gasteiger partial charge in [0.15, 0.2) is 0 Å². The number of carbonyl (C=O) groups excluding carboxylic acids is 1. The van der Waals surface area contributed by atoms with Crippen LogP contribution in [0, 0.1) is 0 Å². The van der Waals surface area contributed by atoms with Crippen LogP contribution in [-0.2, 0) is 27.7 Å². The second-order valence-corrected chi connectivity index (χ2v) is 10.4. The summed E-state index contributed by atoms with van der Waals surface area (Å²) < 4.78 is 28.4. The number of hydroxylamine groups is 1. The van der Waals surface area contributed by atoms with Crippen molar-refractivity contribution in [2.24, 2.45) is 0 Å². The molecule has 0 unspecified atom stereocenters. The molecule has 0 aromatic heterocycles. The van der Waals surface area contributed by atoms with Crippen molar-refractivity contribution in [1.82, 2.24) is 10.2 Å². The first-order valence-electron chi connectivity index (χ1n) is 11.2. The number of nitrogens with one attached hydrogen (secondary N) is 2. The zero-order chi connectivity index (χ0) is 24.8. The van der Waals surface area contributed by atoms with Gasteiger partial charge < -0.3 is 4.90 Å². The molecule has 0 aliphatic carbocycles. The summed E-state index contributed by atoms with van der Waals surface area (Å²) in [7, 11) is -3.74. The molecular weight excluding hydrogens is 486 g/mol. The Bertz CT molecular complexity index is 1360. The molecule has 0 fully saturated rings. The van der Waals surface area contributed by atoms with Crippen molar-refractivity contribution in [2.75, 3.05) is 18.0 Å². The van der Waals surface area contributed by atoms with Crippen molar-refractivity contribution in [3.63, 3.8) is 0 Å². The summed E-state index contributed by atoms with van der Waals surface area (Å²) in [6, 6.07) is 20.4. The van der Waals surface area contributed by atoms with Crippen LogP contribution in [0.25, 0.3) is 6.08 Å². The van der Waals surface area contributed by atoms with E-state index >= 15 is 0 Å². The average Bonchev–Trinajstić information content (AvgIpc) is 3.02. The van der Waals surface area contributed by atoms with Crippen LogP contribution in [0.3, 0.4) is 0 Å². The second-order valence-electron chi connectivity index (χ2n) is 8.19. The molecular formula is C26H26ClN3O4S. The molecule has 3 aromatic rings. The fraction of sp³-hybridized carbons (Fsp3) is 0.192. The van der Waals surface area contributed by atoms with E-state index in [0.717, 1.165) is 30.3 Å². The SMILES string of the molecule is O=C(/C=C/c1cccc(S(=O)(=O)NCCCN2c3ccccc3CCc3ccc(Cl)cc32)c1)NO. The van der Waals surface area contributed by atoms with E-state index in [4.69, 9.17) is 16.8 Å². The lowest BCUT2D eigenvalue weighted by atomic mass is 10.0. The lowest BCUT2D eigenvalue weighted by molar-refractivity contribution is -0.124. The van der Waals surface area contributed by atoms with Crippen molar-refractivity contribution in [3.05, 3.63) is 94.5 Å². The summed E-state index contributed by atoms with van der Waals surface area (Å²) in [5.74, 6) is -0.700. The maximum Gasteiger partial charge on any atom is 0.267 e. The fourth-order valence-electron chi connectivity index (χ4n) is 4.15. The Morgan fingerprint density at radius 3 is 2.57 bits per heavy atom. The van der Waals surface area contributed by atoms with Crippen molar-refractivity contribution in [3.8, 4) is 0 Å². The quantitative estimate of drug-likeness (QED) is 0.179. The summed E-state index contributed by atoms with van der Waals surface area (Å²) in [5, 5.41) is 9.25. The minimum absolute atomic E-state index is 0.0984. The molecule has 1 aliphatic rings. The van der Waals surface area contributed by atoms with E-state index in [1.807, 2.05) is 24.3 Å². The number of benzene rings is 3. The molecule has 7 nitrogen and oxygen atoms in total. The van der Waals surface area contributed by atoms with Gasteiger partial charge in [0.05, 0.1) is 4.90 Å². The molecule has 3 aromatic carbocycles. The smallest absolute Gasteiger partial charge is 0.267 e. The second kappa shape index (κ2) is 11.0. The topological polar surface area (TPSA) is 98.7 Å². The number of hydrogen-bond donors (Lipinski definition) is 3. The fourth-order valence-corrected chi connectivity index (χ4v) is 5.44. The molecule has 35 heavy (non-hydrogen) atoms. The van der Waals surface area contributed by atoms with Crippen molar-refractivity contribution >= 4 is 45.0 Å². The minimum atomic E-state index is -3.74. The van der Waals surface area contributed by atoms with Gasteiger partial charge in [-0.15, -0.1) is 0 Å². The Kier molecular flexibility index (Phi) is 7.87. The molecule has 3 N–H and O–H groups in total. The number of sulfonamides is 1. The molecule has 0 bridgehead atoms. The Labute approximate surface area is 210 Å². The van der Waals surface area contributed by atoms with E-state index in [1.165, 1.54) is 34.8 Å². The third-order valence-electron chi connectivity index (χ3n) is 5.84. The van der Waals surface area contributed by atoms with Gasteiger partial charge in [-0.25, -0.2) is 18.6 Å². The summed E-state index contributed by atoms with van der Waals surface area (Å²) in [6.45, 7) is 0.871. The van der Waals surface area contributed by atoms with Gasteiger partial charge in [-0.2, -0.15) is 0 Å². The highest BCUT2D eigenvalue weighted by molar-refractivity contribution is 7.89. The van der Waals surface area contributed by atoms with Crippen molar-refractivity contribution in [2.45, 2.75) is 24.2 Å². The number of carbonyl (C=O) groups is 1. The number of nitrogens with zero attached hydrogens (tertiary/aromatic N) is 1. The Morgan fingerprint density at radius 2 is 1.77 bits per heavy atom. The summed E-state index contributed by atoms with van der Waals surface area (Å²) in [5.41, 5.74) is 6.64. The van der Waals surface area contributed by atoms with E-state index in [2.05, 4.69) is 27.8 Å². The number of hydrogen-bond acceptors (Lipinski definition) is 5. The molecule has 1 heterocycles. The van der Waals surface area contributed by atoms with Crippen molar-refractivity contribution < 1.29 is 18.4 Å². The summed E-state index contributed by atoms with van der Waals surface area (Å²) in [6.07, 6.45) is 4.96. The Morgan fingerprint density at radius 1 is 1.00 bits per heavy atom. The molecule has 0 spiro atoms. The number of halogens is 1. The zero-order valence-electron chi connectivity index (χ0n) is 18.9. The van der Waals surface area contributed by atoms with Gasteiger partial charge in [0.25, 0.3) is 5.91 Å². The molecule has 0 atom stereocenters. The van der Waals surface area contributed by atoms with Gasteiger partial charge in [0, 0.05) is 35.6 Å². The van der Waals surface area contributed by atoms with Crippen LogP contribution in [0.15, 0.2) is 77.7 Å². The maximum atomic E-state index is 12.8. The molecule has 1 aliphatic heterocycles. The monoisotopic (exact) mass is 511 g/mol. The van der Waals surface area contributed by atoms with Crippen LogP contribution in [0.2, 0.25) is 5.02 Å². The lowest BCUT2D eigenvalue weighted by Gasteiger charge is -2.27. The number of fused-ring (bicyclic) bond motifs is 2. The van der Waals surface area contributed by atoms with Gasteiger partial charge in [0.2, 0.25) is 10.0 Å². The predicted molar refractivity (Wildman–Crippen MR) is 138 cm³/mol. The van der Waals surface area contributed by atoms with E-state index < -0.39 is 15.9 Å². The molecule has 9 heteroatoms. The van der Waals surface area contributed by atoms with E-state index in [0.29, 0.717) is 23.6 Å². The highest BCUT2D eigenvalue weighted by atomic mass is 35.5. The largest absolute Gasteiger partial charge is 0.341 e. The number of para-hydroxylation sites is 1.